The van der Waals surface area contributed by atoms with Crippen molar-refractivity contribution in [3.63, 3.8) is 0 Å². The average Bonchev–Trinajstić information content (AvgIpc) is 2.64. The molecule has 0 aliphatic rings. The minimum atomic E-state index is 0.723. The first-order valence-electron chi connectivity index (χ1n) is 6.08. The number of rotatable bonds is 4. The highest BCUT2D eigenvalue weighted by molar-refractivity contribution is 5.65. The summed E-state index contributed by atoms with van der Waals surface area (Å²) in [5.74, 6) is 0.878. The van der Waals surface area contributed by atoms with E-state index in [0.29, 0.717) is 0 Å². The molecule has 5 heteroatoms. The smallest absolute Gasteiger partial charge is 0.148 e. The lowest BCUT2D eigenvalue weighted by molar-refractivity contribution is 0.747. The topological polar surface area (TPSA) is 68.8 Å². The number of aromatic nitrogens is 3. The van der Waals surface area contributed by atoms with Crippen LogP contribution in [0.5, 0.6) is 0 Å². The zero-order valence-electron chi connectivity index (χ0n) is 11.1. The van der Waals surface area contributed by atoms with Crippen molar-refractivity contribution in [3.8, 4) is 0 Å². The molecule has 96 valence electrons. The maximum Gasteiger partial charge on any atom is 0.148 e. The Hall–Kier alpha value is -2.04. The maximum atomic E-state index is 6.06. The van der Waals surface area contributed by atoms with E-state index >= 15 is 0 Å². The average molecular weight is 245 g/mol. The van der Waals surface area contributed by atoms with E-state index in [0.717, 1.165) is 30.2 Å². The molecule has 0 unspecified atom stereocenters. The number of nitrogens with zero attached hydrogens (tertiary/aromatic N) is 3. The van der Waals surface area contributed by atoms with Crippen LogP contribution in [0.2, 0.25) is 0 Å². The first-order valence-corrected chi connectivity index (χ1v) is 6.08. The minimum absolute atomic E-state index is 0.723. The fourth-order valence-corrected chi connectivity index (χ4v) is 1.95. The van der Waals surface area contributed by atoms with Gasteiger partial charge in [-0.25, -0.2) is 0 Å². The quantitative estimate of drug-likeness (QED) is 0.863. The van der Waals surface area contributed by atoms with Gasteiger partial charge in [-0.1, -0.05) is 6.92 Å². The Balaban J connectivity index is 2.16. The van der Waals surface area contributed by atoms with Gasteiger partial charge in [-0.15, -0.1) is 0 Å². The summed E-state index contributed by atoms with van der Waals surface area (Å²) in [4.78, 5) is 4.08. The molecular formula is C13H19N5. The molecule has 0 saturated carbocycles. The molecule has 5 nitrogen and oxygen atoms in total. The maximum absolute atomic E-state index is 6.06. The Kier molecular flexibility index (Phi) is 3.50. The molecule has 0 fully saturated rings. The molecule has 2 heterocycles. The Morgan fingerprint density at radius 3 is 2.83 bits per heavy atom. The molecule has 2 rings (SSSR count). The predicted molar refractivity (Wildman–Crippen MR) is 73.3 cm³/mol. The second-order valence-electron chi connectivity index (χ2n) is 4.34. The Morgan fingerprint density at radius 1 is 1.44 bits per heavy atom. The normalized spacial score (nSPS) is 10.6. The lowest BCUT2D eigenvalue weighted by atomic mass is 10.1. The van der Waals surface area contributed by atoms with Crippen LogP contribution in [0, 0.1) is 6.92 Å². The lowest BCUT2D eigenvalue weighted by Gasteiger charge is -2.09. The highest BCUT2D eigenvalue weighted by atomic mass is 15.3. The third kappa shape index (κ3) is 2.30. The van der Waals surface area contributed by atoms with E-state index in [1.807, 2.05) is 26.2 Å². The summed E-state index contributed by atoms with van der Waals surface area (Å²) in [5, 5.41) is 7.72. The molecule has 0 spiro atoms. The number of nitrogens with one attached hydrogen (secondary N) is 1. The molecule has 18 heavy (non-hydrogen) atoms. The number of anilines is 2. The molecule has 3 N–H and O–H groups in total. The molecule has 0 bridgehead atoms. The fourth-order valence-electron chi connectivity index (χ4n) is 1.95. The standard InChI is InChI=1S/C13H19N5/c1-4-11-12(14)13(18(3)17-11)16-8-10-5-6-15-7-9(10)2/h5-7,16H,4,8,14H2,1-3H3. The van der Waals surface area contributed by atoms with Gasteiger partial charge < -0.3 is 11.1 Å². The molecule has 0 atom stereocenters. The molecule has 0 radical (unpaired) electrons. The number of aryl methyl sites for hydroxylation is 3. The van der Waals surface area contributed by atoms with Crippen molar-refractivity contribution in [1.82, 2.24) is 14.8 Å². The molecule has 0 amide bonds. The van der Waals surface area contributed by atoms with Crippen LogP contribution in [0.25, 0.3) is 0 Å². The number of hydrogen-bond acceptors (Lipinski definition) is 4. The SMILES string of the molecule is CCc1nn(C)c(NCc2ccncc2C)c1N. The third-order valence-corrected chi connectivity index (χ3v) is 3.08. The van der Waals surface area contributed by atoms with Gasteiger partial charge in [0, 0.05) is 26.0 Å². The molecule has 0 aromatic carbocycles. The van der Waals surface area contributed by atoms with Gasteiger partial charge in [0.15, 0.2) is 0 Å². The van der Waals surface area contributed by atoms with Crippen molar-refractivity contribution in [2.45, 2.75) is 26.8 Å². The molecule has 0 aliphatic heterocycles. The van der Waals surface area contributed by atoms with Crippen molar-refractivity contribution in [3.05, 3.63) is 35.3 Å². The first kappa shape index (κ1) is 12.4. The van der Waals surface area contributed by atoms with Crippen LogP contribution < -0.4 is 11.1 Å². The van der Waals surface area contributed by atoms with Crippen LogP contribution >= 0.6 is 0 Å². The van der Waals surface area contributed by atoms with E-state index in [4.69, 9.17) is 5.73 Å². The van der Waals surface area contributed by atoms with Gasteiger partial charge in [-0.2, -0.15) is 5.10 Å². The second kappa shape index (κ2) is 5.08. The van der Waals surface area contributed by atoms with Crippen LogP contribution in [0.3, 0.4) is 0 Å². The summed E-state index contributed by atoms with van der Waals surface area (Å²) in [6.45, 7) is 4.82. The molecule has 2 aromatic heterocycles. The van der Waals surface area contributed by atoms with Crippen LogP contribution in [0.1, 0.15) is 23.7 Å². The van der Waals surface area contributed by atoms with Crippen LogP contribution in [0.15, 0.2) is 18.5 Å². The van der Waals surface area contributed by atoms with E-state index in [9.17, 15) is 0 Å². The fraction of sp³-hybridized carbons (Fsp3) is 0.385. The van der Waals surface area contributed by atoms with Crippen molar-refractivity contribution in [2.24, 2.45) is 7.05 Å². The van der Waals surface area contributed by atoms with E-state index in [-0.39, 0.29) is 0 Å². The predicted octanol–water partition coefficient (Wildman–Crippen LogP) is 1.88. The van der Waals surface area contributed by atoms with E-state index < -0.39 is 0 Å². The Bertz CT molecular complexity index is 544. The highest BCUT2D eigenvalue weighted by Crippen LogP contribution is 2.23. The zero-order chi connectivity index (χ0) is 13.1. The monoisotopic (exact) mass is 245 g/mol. The number of pyridine rings is 1. The number of nitrogens with two attached hydrogens (primary N) is 1. The van der Waals surface area contributed by atoms with E-state index in [2.05, 4.69) is 22.3 Å². The summed E-state index contributed by atoms with van der Waals surface area (Å²) in [6, 6.07) is 2.01. The molecule has 0 saturated heterocycles. The zero-order valence-corrected chi connectivity index (χ0v) is 11.1. The molecule has 2 aromatic rings. The summed E-state index contributed by atoms with van der Waals surface area (Å²) >= 11 is 0. The van der Waals surface area contributed by atoms with Gasteiger partial charge in [-0.3, -0.25) is 9.67 Å². The van der Waals surface area contributed by atoms with Crippen LogP contribution in [-0.4, -0.2) is 14.8 Å². The first-order chi connectivity index (χ1) is 8.63. The molecular weight excluding hydrogens is 226 g/mol. The summed E-state index contributed by atoms with van der Waals surface area (Å²) in [6.07, 6.45) is 4.50. The van der Waals surface area contributed by atoms with Gasteiger partial charge in [0.25, 0.3) is 0 Å². The van der Waals surface area contributed by atoms with Gasteiger partial charge >= 0.3 is 0 Å². The summed E-state index contributed by atoms with van der Waals surface area (Å²) in [5.41, 5.74) is 10.1. The van der Waals surface area contributed by atoms with Crippen molar-refractivity contribution in [1.29, 1.82) is 0 Å². The Morgan fingerprint density at radius 2 is 2.22 bits per heavy atom. The van der Waals surface area contributed by atoms with Crippen LogP contribution in [0.4, 0.5) is 11.5 Å². The van der Waals surface area contributed by atoms with Crippen LogP contribution in [-0.2, 0) is 20.0 Å². The third-order valence-electron chi connectivity index (χ3n) is 3.08. The largest absolute Gasteiger partial charge is 0.394 e. The van der Waals surface area contributed by atoms with Gasteiger partial charge in [-0.05, 0) is 30.5 Å². The Labute approximate surface area is 107 Å². The molecule has 0 aliphatic carbocycles. The second-order valence-corrected chi connectivity index (χ2v) is 4.34. The highest BCUT2D eigenvalue weighted by Gasteiger charge is 2.11. The number of nitrogen functional groups attached to an aromatic ring is 1. The summed E-state index contributed by atoms with van der Waals surface area (Å²) < 4.78 is 1.80. The van der Waals surface area contributed by atoms with E-state index in [1.54, 1.807) is 10.9 Å². The van der Waals surface area contributed by atoms with E-state index in [1.165, 1.54) is 11.1 Å². The number of hydrogen-bond donors (Lipinski definition) is 2. The minimum Gasteiger partial charge on any atom is -0.394 e. The van der Waals surface area contributed by atoms with Gasteiger partial charge in [0.1, 0.15) is 5.82 Å². The van der Waals surface area contributed by atoms with Crippen molar-refractivity contribution < 1.29 is 0 Å². The summed E-state index contributed by atoms with van der Waals surface area (Å²) in [7, 11) is 1.90. The van der Waals surface area contributed by atoms with Gasteiger partial charge in [0.05, 0.1) is 11.4 Å². The van der Waals surface area contributed by atoms with Crippen molar-refractivity contribution >= 4 is 11.5 Å². The van der Waals surface area contributed by atoms with Crippen molar-refractivity contribution in [2.75, 3.05) is 11.1 Å². The lowest BCUT2D eigenvalue weighted by Crippen LogP contribution is -2.07. The van der Waals surface area contributed by atoms with Gasteiger partial charge in [0.2, 0.25) is 0 Å².